The van der Waals surface area contributed by atoms with Gasteiger partial charge >= 0.3 is 0 Å². The van der Waals surface area contributed by atoms with E-state index in [9.17, 15) is 14.9 Å². The molecule has 138 valence electrons. The van der Waals surface area contributed by atoms with Crippen molar-refractivity contribution in [1.82, 2.24) is 0 Å². The van der Waals surface area contributed by atoms with Gasteiger partial charge in [-0.3, -0.25) is 14.9 Å². The molecule has 0 radical (unpaired) electrons. The summed E-state index contributed by atoms with van der Waals surface area (Å²) in [5.41, 5.74) is 0.834. The third kappa shape index (κ3) is 4.45. The standard InChI is InChI=1S/C18H20N2O5S/c1-11-14(6-5-7-15(11)20(22)23)19-18(21)12(2)26-13-8-9-16(24-3)17(10-13)25-4/h5-10,12H,1-4H3,(H,19,21)/t12-/m1/s1. The van der Waals surface area contributed by atoms with Crippen molar-refractivity contribution in [2.24, 2.45) is 0 Å². The van der Waals surface area contributed by atoms with Crippen molar-refractivity contribution >= 4 is 29.0 Å². The fraction of sp³-hybridized carbons (Fsp3) is 0.278. The molecule has 0 aliphatic rings. The number of carbonyl (C=O) groups is 1. The predicted octanol–water partition coefficient (Wildman–Crippen LogP) is 4.04. The first-order valence-corrected chi connectivity index (χ1v) is 8.69. The Labute approximate surface area is 155 Å². The molecule has 0 fully saturated rings. The van der Waals surface area contributed by atoms with Crippen molar-refractivity contribution in [2.45, 2.75) is 24.0 Å². The van der Waals surface area contributed by atoms with Gasteiger partial charge < -0.3 is 14.8 Å². The number of hydrogen-bond donors (Lipinski definition) is 1. The summed E-state index contributed by atoms with van der Waals surface area (Å²) in [6.07, 6.45) is 0. The second kappa shape index (κ2) is 8.57. The first kappa shape index (κ1) is 19.6. The fourth-order valence-corrected chi connectivity index (χ4v) is 3.23. The van der Waals surface area contributed by atoms with Crippen molar-refractivity contribution in [3.63, 3.8) is 0 Å². The summed E-state index contributed by atoms with van der Waals surface area (Å²) in [6.45, 7) is 3.38. The van der Waals surface area contributed by atoms with Crippen LogP contribution in [0.3, 0.4) is 0 Å². The first-order chi connectivity index (χ1) is 12.4. The molecule has 0 bridgehead atoms. The average Bonchev–Trinajstić information content (AvgIpc) is 2.62. The maximum atomic E-state index is 12.5. The number of nitrogens with zero attached hydrogens (tertiary/aromatic N) is 1. The molecule has 26 heavy (non-hydrogen) atoms. The zero-order chi connectivity index (χ0) is 19.3. The number of carbonyl (C=O) groups excluding carboxylic acids is 1. The molecule has 0 saturated heterocycles. The summed E-state index contributed by atoms with van der Waals surface area (Å²) in [6, 6.07) is 10.0. The second-order valence-electron chi connectivity index (χ2n) is 5.47. The summed E-state index contributed by atoms with van der Waals surface area (Å²) < 4.78 is 10.5. The van der Waals surface area contributed by atoms with Crippen LogP contribution in [0.2, 0.25) is 0 Å². The highest BCUT2D eigenvalue weighted by Gasteiger charge is 2.19. The van der Waals surface area contributed by atoms with E-state index in [2.05, 4.69) is 5.32 Å². The lowest BCUT2D eigenvalue weighted by atomic mass is 10.1. The van der Waals surface area contributed by atoms with Crippen LogP contribution >= 0.6 is 11.8 Å². The van der Waals surface area contributed by atoms with Crippen LogP contribution < -0.4 is 14.8 Å². The molecule has 1 atom stereocenters. The largest absolute Gasteiger partial charge is 0.493 e. The van der Waals surface area contributed by atoms with Crippen molar-refractivity contribution < 1.29 is 19.2 Å². The van der Waals surface area contributed by atoms with Crippen LogP contribution in [0.5, 0.6) is 11.5 Å². The van der Waals surface area contributed by atoms with Gasteiger partial charge in [-0.25, -0.2) is 0 Å². The smallest absolute Gasteiger partial charge is 0.274 e. The summed E-state index contributed by atoms with van der Waals surface area (Å²) >= 11 is 1.35. The molecule has 0 spiro atoms. The molecule has 1 N–H and O–H groups in total. The molecule has 0 aliphatic heterocycles. The Morgan fingerprint density at radius 1 is 1.19 bits per heavy atom. The van der Waals surface area contributed by atoms with E-state index < -0.39 is 10.2 Å². The lowest BCUT2D eigenvalue weighted by molar-refractivity contribution is -0.385. The normalized spacial score (nSPS) is 11.5. The highest BCUT2D eigenvalue weighted by atomic mass is 32.2. The molecule has 0 saturated carbocycles. The number of amides is 1. The number of rotatable bonds is 7. The number of benzene rings is 2. The molecule has 0 heterocycles. The number of thioether (sulfide) groups is 1. The number of nitro groups is 1. The number of ether oxygens (including phenoxy) is 2. The summed E-state index contributed by atoms with van der Waals surface area (Å²) in [4.78, 5) is 23.9. The maximum Gasteiger partial charge on any atom is 0.274 e. The van der Waals surface area contributed by atoms with Gasteiger partial charge in [0, 0.05) is 11.0 Å². The molecule has 8 heteroatoms. The van der Waals surface area contributed by atoms with Crippen molar-refractivity contribution in [3.05, 3.63) is 52.1 Å². The molecule has 0 aromatic heterocycles. The van der Waals surface area contributed by atoms with E-state index in [1.807, 2.05) is 6.07 Å². The van der Waals surface area contributed by atoms with Crippen molar-refractivity contribution in [3.8, 4) is 11.5 Å². The van der Waals surface area contributed by atoms with E-state index in [-0.39, 0.29) is 11.6 Å². The second-order valence-corrected chi connectivity index (χ2v) is 6.89. The monoisotopic (exact) mass is 376 g/mol. The van der Waals surface area contributed by atoms with Gasteiger partial charge in [-0.15, -0.1) is 11.8 Å². The van der Waals surface area contributed by atoms with E-state index in [4.69, 9.17) is 9.47 Å². The molecule has 7 nitrogen and oxygen atoms in total. The molecular formula is C18H20N2O5S. The maximum absolute atomic E-state index is 12.5. The van der Waals surface area contributed by atoms with Crippen LogP contribution in [0.4, 0.5) is 11.4 Å². The SMILES string of the molecule is COc1ccc(S[C@H](C)C(=O)Nc2cccc([N+](=O)[O-])c2C)cc1OC. The van der Waals surface area contributed by atoms with E-state index >= 15 is 0 Å². The minimum Gasteiger partial charge on any atom is -0.493 e. The Morgan fingerprint density at radius 2 is 1.88 bits per heavy atom. The Hall–Kier alpha value is -2.74. The molecule has 0 aliphatic carbocycles. The van der Waals surface area contributed by atoms with Gasteiger partial charge in [-0.05, 0) is 38.1 Å². The number of hydrogen-bond acceptors (Lipinski definition) is 6. The predicted molar refractivity (Wildman–Crippen MR) is 101 cm³/mol. The van der Waals surface area contributed by atoms with E-state index in [1.165, 1.54) is 17.8 Å². The summed E-state index contributed by atoms with van der Waals surface area (Å²) in [7, 11) is 3.11. The Morgan fingerprint density at radius 3 is 2.50 bits per heavy atom. The molecule has 2 aromatic carbocycles. The molecule has 2 rings (SSSR count). The molecule has 2 aromatic rings. The lowest BCUT2D eigenvalue weighted by Gasteiger charge is -2.15. The van der Waals surface area contributed by atoms with Gasteiger partial charge in [0.05, 0.1) is 35.6 Å². The van der Waals surface area contributed by atoms with Gasteiger partial charge in [-0.1, -0.05) is 6.07 Å². The minimum absolute atomic E-state index is 0.0250. The van der Waals surface area contributed by atoms with Gasteiger partial charge in [0.25, 0.3) is 5.69 Å². The molecule has 1 amide bonds. The van der Waals surface area contributed by atoms with Crippen LogP contribution in [-0.2, 0) is 4.79 Å². The summed E-state index contributed by atoms with van der Waals surface area (Å²) in [5.74, 6) is 0.953. The fourth-order valence-electron chi connectivity index (χ4n) is 2.34. The van der Waals surface area contributed by atoms with Gasteiger partial charge in [-0.2, -0.15) is 0 Å². The van der Waals surface area contributed by atoms with Crippen LogP contribution in [0.25, 0.3) is 0 Å². The van der Waals surface area contributed by atoms with Crippen LogP contribution in [-0.4, -0.2) is 30.3 Å². The Bertz CT molecular complexity index is 825. The van der Waals surface area contributed by atoms with E-state index in [0.717, 1.165) is 4.90 Å². The van der Waals surface area contributed by atoms with Gasteiger partial charge in [0.15, 0.2) is 11.5 Å². The van der Waals surface area contributed by atoms with E-state index in [0.29, 0.717) is 22.7 Å². The lowest BCUT2D eigenvalue weighted by Crippen LogP contribution is -2.23. The quantitative estimate of drug-likeness (QED) is 0.445. The average molecular weight is 376 g/mol. The highest BCUT2D eigenvalue weighted by Crippen LogP contribution is 2.34. The van der Waals surface area contributed by atoms with Crippen molar-refractivity contribution in [1.29, 1.82) is 0 Å². The first-order valence-electron chi connectivity index (χ1n) is 7.81. The number of anilines is 1. The zero-order valence-electron chi connectivity index (χ0n) is 14.9. The zero-order valence-corrected chi connectivity index (χ0v) is 15.8. The minimum atomic E-state index is -0.465. The topological polar surface area (TPSA) is 90.7 Å². The third-order valence-corrected chi connectivity index (χ3v) is 4.89. The number of nitrogens with one attached hydrogen (secondary N) is 1. The van der Waals surface area contributed by atoms with Crippen LogP contribution in [0.1, 0.15) is 12.5 Å². The van der Waals surface area contributed by atoms with E-state index in [1.54, 1.807) is 52.3 Å². The van der Waals surface area contributed by atoms with Crippen molar-refractivity contribution in [2.75, 3.05) is 19.5 Å². The summed E-state index contributed by atoms with van der Waals surface area (Å²) in [5, 5.41) is 13.4. The third-order valence-electron chi connectivity index (χ3n) is 3.80. The van der Waals surface area contributed by atoms with Crippen LogP contribution in [0.15, 0.2) is 41.3 Å². The Kier molecular flexibility index (Phi) is 6.46. The van der Waals surface area contributed by atoms with Gasteiger partial charge in [0.2, 0.25) is 5.91 Å². The molecule has 0 unspecified atom stereocenters. The Balaban J connectivity index is 2.11. The van der Waals surface area contributed by atoms with Crippen LogP contribution in [0, 0.1) is 17.0 Å². The number of nitro benzene ring substituents is 1. The van der Waals surface area contributed by atoms with Gasteiger partial charge in [0.1, 0.15) is 0 Å². The highest BCUT2D eigenvalue weighted by molar-refractivity contribution is 8.00. The number of methoxy groups -OCH3 is 2. The molecular weight excluding hydrogens is 356 g/mol.